The van der Waals surface area contributed by atoms with Gasteiger partial charge < -0.3 is 5.32 Å². The summed E-state index contributed by atoms with van der Waals surface area (Å²) in [5.41, 5.74) is 2.39. The Morgan fingerprint density at radius 1 is 1.41 bits per heavy atom. The van der Waals surface area contributed by atoms with Crippen LogP contribution in [0.5, 0.6) is 0 Å². The fraction of sp³-hybridized carbons (Fsp3) is 0.462. The van der Waals surface area contributed by atoms with E-state index in [0.717, 1.165) is 27.5 Å². The molecule has 0 aliphatic carbocycles. The van der Waals surface area contributed by atoms with Crippen LogP contribution in [0.25, 0.3) is 0 Å². The molecule has 4 heteroatoms. The number of aryl methyl sites for hydroxylation is 1. The van der Waals surface area contributed by atoms with Crippen molar-refractivity contribution in [3.63, 3.8) is 0 Å². The summed E-state index contributed by atoms with van der Waals surface area (Å²) in [6.45, 7) is 6.45. The molecule has 0 bridgehead atoms. The zero-order valence-corrected chi connectivity index (χ0v) is 12.8. The van der Waals surface area contributed by atoms with Gasteiger partial charge in [0.25, 0.3) is 0 Å². The molecule has 0 radical (unpaired) electrons. The molecule has 2 rings (SSSR count). The minimum Gasteiger partial charge on any atom is -0.334 e. The Labute approximate surface area is 115 Å². The molecule has 1 N–H and O–H groups in total. The molecule has 0 aromatic heterocycles. The number of amidine groups is 1. The molecule has 0 amide bonds. The zero-order valence-electron chi connectivity index (χ0n) is 10.4. The maximum atomic E-state index is 4.72. The van der Waals surface area contributed by atoms with Crippen LogP contribution in [0.15, 0.2) is 27.7 Å². The lowest BCUT2D eigenvalue weighted by molar-refractivity contribution is 0.507. The van der Waals surface area contributed by atoms with Crippen molar-refractivity contribution in [3.05, 3.63) is 28.2 Å². The molecule has 0 spiro atoms. The number of aliphatic imine (C=N–C) groups is 1. The van der Waals surface area contributed by atoms with Crippen LogP contribution in [0.4, 0.5) is 5.69 Å². The third-order valence-corrected chi connectivity index (χ3v) is 4.25. The van der Waals surface area contributed by atoms with Crippen LogP contribution >= 0.6 is 27.7 Å². The summed E-state index contributed by atoms with van der Waals surface area (Å²) in [5.74, 6) is 1.13. The van der Waals surface area contributed by atoms with Gasteiger partial charge in [-0.15, -0.1) is 0 Å². The quantitative estimate of drug-likeness (QED) is 0.829. The molecule has 17 heavy (non-hydrogen) atoms. The summed E-state index contributed by atoms with van der Waals surface area (Å²) < 4.78 is 1.09. The first-order valence-corrected chi connectivity index (χ1v) is 7.50. The molecule has 0 fully saturated rings. The van der Waals surface area contributed by atoms with Crippen LogP contribution in [0.1, 0.15) is 25.8 Å². The van der Waals surface area contributed by atoms with Crippen molar-refractivity contribution < 1.29 is 0 Å². The van der Waals surface area contributed by atoms with E-state index in [1.54, 1.807) is 11.8 Å². The molecular formula is C13H17BrN2S. The van der Waals surface area contributed by atoms with Crippen molar-refractivity contribution in [2.75, 3.05) is 11.1 Å². The van der Waals surface area contributed by atoms with E-state index in [9.17, 15) is 0 Å². The highest BCUT2D eigenvalue weighted by molar-refractivity contribution is 9.10. The SMILES string of the molecule is Cc1ccc(NC2=NC(C)(C)CCS2)c(Br)c1. The zero-order chi connectivity index (χ0) is 12.5. The van der Waals surface area contributed by atoms with Gasteiger partial charge in [-0.05, 0) is 60.8 Å². The van der Waals surface area contributed by atoms with E-state index in [2.05, 4.69) is 60.2 Å². The number of benzene rings is 1. The second-order valence-electron chi connectivity index (χ2n) is 4.94. The maximum absolute atomic E-state index is 4.72. The highest BCUT2D eigenvalue weighted by Gasteiger charge is 2.22. The van der Waals surface area contributed by atoms with Crippen LogP contribution in [-0.2, 0) is 0 Å². The number of nitrogens with zero attached hydrogens (tertiary/aromatic N) is 1. The summed E-state index contributed by atoms with van der Waals surface area (Å²) in [5, 5.41) is 4.42. The number of halogens is 1. The number of anilines is 1. The van der Waals surface area contributed by atoms with Crippen molar-refractivity contribution in [1.82, 2.24) is 0 Å². The summed E-state index contributed by atoms with van der Waals surface area (Å²) in [4.78, 5) is 4.72. The average molecular weight is 313 g/mol. The van der Waals surface area contributed by atoms with Gasteiger partial charge in [-0.2, -0.15) is 0 Å². The number of thioether (sulfide) groups is 1. The average Bonchev–Trinajstić information content (AvgIpc) is 2.21. The van der Waals surface area contributed by atoms with Crippen molar-refractivity contribution in [3.8, 4) is 0 Å². The van der Waals surface area contributed by atoms with Gasteiger partial charge >= 0.3 is 0 Å². The van der Waals surface area contributed by atoms with Crippen molar-refractivity contribution >= 4 is 38.5 Å². The molecule has 0 saturated carbocycles. The number of rotatable bonds is 1. The second kappa shape index (κ2) is 5.02. The Kier molecular flexibility index (Phi) is 3.83. The van der Waals surface area contributed by atoms with E-state index in [1.165, 1.54) is 5.56 Å². The summed E-state index contributed by atoms with van der Waals surface area (Å²) in [7, 11) is 0. The second-order valence-corrected chi connectivity index (χ2v) is 6.87. The first-order chi connectivity index (χ1) is 7.96. The Morgan fingerprint density at radius 2 is 2.18 bits per heavy atom. The van der Waals surface area contributed by atoms with Gasteiger partial charge in [0.15, 0.2) is 5.17 Å². The molecule has 1 aromatic carbocycles. The van der Waals surface area contributed by atoms with E-state index in [4.69, 9.17) is 4.99 Å². The lowest BCUT2D eigenvalue weighted by atomic mass is 10.0. The molecule has 1 heterocycles. The smallest absolute Gasteiger partial charge is 0.161 e. The summed E-state index contributed by atoms with van der Waals surface area (Å²) in [6.07, 6.45) is 1.14. The third kappa shape index (κ3) is 3.49. The predicted octanol–water partition coefficient (Wildman–Crippen LogP) is 4.44. The topological polar surface area (TPSA) is 24.4 Å². The molecule has 2 nitrogen and oxygen atoms in total. The van der Waals surface area contributed by atoms with Gasteiger partial charge in [0.2, 0.25) is 0 Å². The molecule has 0 saturated heterocycles. The Morgan fingerprint density at radius 3 is 2.82 bits per heavy atom. The predicted molar refractivity (Wildman–Crippen MR) is 81.1 cm³/mol. The van der Waals surface area contributed by atoms with E-state index in [1.807, 2.05) is 0 Å². The van der Waals surface area contributed by atoms with Gasteiger partial charge in [0.05, 0.1) is 11.2 Å². The Bertz CT molecular complexity index is 455. The third-order valence-electron chi connectivity index (χ3n) is 2.72. The van der Waals surface area contributed by atoms with Crippen molar-refractivity contribution in [1.29, 1.82) is 0 Å². The minimum atomic E-state index is 0.0603. The lowest BCUT2D eigenvalue weighted by Crippen LogP contribution is -2.27. The van der Waals surface area contributed by atoms with Gasteiger partial charge in [-0.25, -0.2) is 0 Å². The van der Waals surface area contributed by atoms with Crippen LogP contribution in [0.3, 0.4) is 0 Å². The van der Waals surface area contributed by atoms with Crippen LogP contribution < -0.4 is 5.32 Å². The Balaban J connectivity index is 2.18. The normalized spacial score (nSPS) is 18.7. The van der Waals surface area contributed by atoms with Crippen LogP contribution in [0.2, 0.25) is 0 Å². The number of hydrogen-bond acceptors (Lipinski definition) is 3. The Hall–Kier alpha value is -0.480. The number of hydrogen-bond donors (Lipinski definition) is 1. The van der Waals surface area contributed by atoms with Crippen LogP contribution in [-0.4, -0.2) is 16.5 Å². The summed E-state index contributed by atoms with van der Waals surface area (Å²) >= 11 is 5.37. The van der Waals surface area contributed by atoms with Gasteiger partial charge in [0.1, 0.15) is 0 Å². The van der Waals surface area contributed by atoms with E-state index < -0.39 is 0 Å². The van der Waals surface area contributed by atoms with E-state index in [-0.39, 0.29) is 5.54 Å². The van der Waals surface area contributed by atoms with Crippen molar-refractivity contribution in [2.45, 2.75) is 32.7 Å². The highest BCUT2D eigenvalue weighted by atomic mass is 79.9. The monoisotopic (exact) mass is 312 g/mol. The molecular weight excluding hydrogens is 296 g/mol. The molecule has 1 aromatic rings. The molecule has 0 unspecified atom stereocenters. The fourth-order valence-corrected chi connectivity index (χ4v) is 3.54. The first kappa shape index (κ1) is 13.0. The van der Waals surface area contributed by atoms with E-state index in [0.29, 0.717) is 0 Å². The molecule has 1 aliphatic rings. The summed E-state index contributed by atoms with van der Waals surface area (Å²) in [6, 6.07) is 6.30. The van der Waals surface area contributed by atoms with E-state index >= 15 is 0 Å². The minimum absolute atomic E-state index is 0.0603. The molecule has 92 valence electrons. The molecule has 0 atom stereocenters. The fourth-order valence-electron chi connectivity index (χ4n) is 1.66. The number of nitrogens with one attached hydrogen (secondary N) is 1. The first-order valence-electron chi connectivity index (χ1n) is 5.72. The van der Waals surface area contributed by atoms with Gasteiger partial charge in [-0.1, -0.05) is 17.8 Å². The van der Waals surface area contributed by atoms with Crippen molar-refractivity contribution in [2.24, 2.45) is 4.99 Å². The maximum Gasteiger partial charge on any atom is 0.161 e. The van der Waals surface area contributed by atoms with Crippen LogP contribution in [0, 0.1) is 6.92 Å². The highest BCUT2D eigenvalue weighted by Crippen LogP contribution is 2.29. The molecule has 1 aliphatic heterocycles. The largest absolute Gasteiger partial charge is 0.334 e. The van der Waals surface area contributed by atoms with Gasteiger partial charge in [-0.3, -0.25) is 4.99 Å². The lowest BCUT2D eigenvalue weighted by Gasteiger charge is -2.26. The standard InChI is InChI=1S/C13H17BrN2S/c1-9-4-5-11(10(14)8-9)15-12-16-13(2,3)6-7-17-12/h4-5,8H,6-7H2,1-3H3,(H,15,16). The van der Waals surface area contributed by atoms with Gasteiger partial charge in [0, 0.05) is 10.2 Å².